The average Bonchev–Trinajstić information content (AvgIpc) is 2.99. The van der Waals surface area contributed by atoms with Crippen molar-refractivity contribution in [3.8, 4) is 0 Å². The molecule has 1 aliphatic heterocycles. The van der Waals surface area contributed by atoms with Gasteiger partial charge >= 0.3 is 0 Å². The van der Waals surface area contributed by atoms with E-state index in [0.29, 0.717) is 43.1 Å². The molecule has 1 aromatic carbocycles. The molecule has 0 bridgehead atoms. The van der Waals surface area contributed by atoms with E-state index in [-0.39, 0.29) is 17.7 Å². The highest BCUT2D eigenvalue weighted by atomic mass is 79.9. The van der Waals surface area contributed by atoms with Crippen LogP contribution in [0.1, 0.15) is 29.0 Å². The first kappa shape index (κ1) is 16.7. The molecule has 1 fully saturated rings. The summed E-state index contributed by atoms with van der Waals surface area (Å²) < 4.78 is 5.82. The third-order valence-corrected chi connectivity index (χ3v) is 4.60. The van der Waals surface area contributed by atoms with E-state index in [1.807, 2.05) is 18.2 Å². The quantitative estimate of drug-likeness (QED) is 0.870. The van der Waals surface area contributed by atoms with Gasteiger partial charge in [-0.15, -0.1) is 0 Å². The van der Waals surface area contributed by atoms with Crippen LogP contribution in [0.2, 0.25) is 0 Å². The number of carbonyl (C=O) groups is 2. The Hall–Kier alpha value is -2.15. The molecule has 0 radical (unpaired) electrons. The Bertz CT molecular complexity index is 751. The molecular formula is C17H18BrN3O3. The van der Waals surface area contributed by atoms with Gasteiger partial charge in [0.2, 0.25) is 5.91 Å². The summed E-state index contributed by atoms with van der Waals surface area (Å²) in [6.45, 7) is 2.91. The van der Waals surface area contributed by atoms with Gasteiger partial charge in [-0.3, -0.25) is 9.59 Å². The summed E-state index contributed by atoms with van der Waals surface area (Å²) in [6.07, 6.45) is 1.28. The molecular weight excluding hydrogens is 374 g/mol. The number of hydrogen-bond donors (Lipinski definition) is 1. The lowest BCUT2D eigenvalue weighted by atomic mass is 9.95. The maximum absolute atomic E-state index is 12.5. The molecule has 2 amide bonds. The first-order valence-electron chi connectivity index (χ1n) is 7.82. The Morgan fingerprint density at radius 1 is 1.29 bits per heavy atom. The lowest BCUT2D eigenvalue weighted by Gasteiger charge is -2.31. The maximum Gasteiger partial charge on any atom is 0.253 e. The Labute approximate surface area is 148 Å². The van der Waals surface area contributed by atoms with Crippen LogP contribution in [0.15, 0.2) is 39.3 Å². The van der Waals surface area contributed by atoms with E-state index in [2.05, 4.69) is 26.4 Å². The van der Waals surface area contributed by atoms with Crippen LogP contribution in [0.5, 0.6) is 0 Å². The van der Waals surface area contributed by atoms with Gasteiger partial charge in [0.1, 0.15) is 5.76 Å². The number of carbonyl (C=O) groups excluding carboxylic acids is 2. The van der Waals surface area contributed by atoms with Crippen molar-refractivity contribution in [2.24, 2.45) is 5.92 Å². The van der Waals surface area contributed by atoms with Crippen molar-refractivity contribution in [2.45, 2.75) is 19.8 Å². The summed E-state index contributed by atoms with van der Waals surface area (Å²) in [5, 5.41) is 6.53. The molecule has 1 aromatic heterocycles. The van der Waals surface area contributed by atoms with E-state index in [1.165, 1.54) is 0 Å². The lowest BCUT2D eigenvalue weighted by molar-refractivity contribution is -0.121. The maximum atomic E-state index is 12.5. The van der Waals surface area contributed by atoms with Crippen LogP contribution in [0.3, 0.4) is 0 Å². The lowest BCUT2D eigenvalue weighted by Crippen LogP contribution is -2.41. The number of benzene rings is 1. The number of halogens is 1. The normalized spacial score (nSPS) is 15.3. The summed E-state index contributed by atoms with van der Waals surface area (Å²) in [5.74, 6) is 0.901. The van der Waals surface area contributed by atoms with Crippen molar-refractivity contribution in [3.05, 3.63) is 46.1 Å². The summed E-state index contributed by atoms with van der Waals surface area (Å²) in [6, 6.07) is 9.03. The van der Waals surface area contributed by atoms with E-state index in [4.69, 9.17) is 4.52 Å². The molecule has 0 unspecified atom stereocenters. The minimum Gasteiger partial charge on any atom is -0.360 e. The fourth-order valence-corrected chi connectivity index (χ4v) is 3.20. The SMILES string of the molecule is Cc1cc(NC(=O)C2CCN(C(=O)c3cccc(Br)c3)CC2)no1. The number of nitrogens with zero attached hydrogens (tertiary/aromatic N) is 2. The van der Waals surface area contributed by atoms with Gasteiger partial charge in [0.25, 0.3) is 5.91 Å². The second-order valence-corrected chi connectivity index (χ2v) is 6.80. The van der Waals surface area contributed by atoms with Gasteiger partial charge in [-0.25, -0.2) is 0 Å². The number of likely N-dealkylation sites (tertiary alicyclic amines) is 1. The van der Waals surface area contributed by atoms with Crippen LogP contribution in [-0.4, -0.2) is 35.0 Å². The molecule has 24 heavy (non-hydrogen) atoms. The summed E-state index contributed by atoms with van der Waals surface area (Å²) >= 11 is 3.38. The highest BCUT2D eigenvalue weighted by Crippen LogP contribution is 2.22. The number of aromatic nitrogens is 1. The van der Waals surface area contributed by atoms with Crippen molar-refractivity contribution in [3.63, 3.8) is 0 Å². The number of rotatable bonds is 3. The zero-order valence-corrected chi connectivity index (χ0v) is 14.9. The molecule has 2 heterocycles. The highest BCUT2D eigenvalue weighted by molar-refractivity contribution is 9.10. The number of hydrogen-bond acceptors (Lipinski definition) is 4. The standard InChI is InChI=1S/C17H18BrN3O3/c1-11-9-15(20-24-11)19-16(22)12-5-7-21(8-6-12)17(23)13-3-2-4-14(18)10-13/h2-4,9-10,12H,5-8H2,1H3,(H,19,20,22). The van der Waals surface area contributed by atoms with Gasteiger partial charge < -0.3 is 14.7 Å². The van der Waals surface area contributed by atoms with Crippen molar-refractivity contribution in [2.75, 3.05) is 18.4 Å². The van der Waals surface area contributed by atoms with E-state index < -0.39 is 0 Å². The van der Waals surface area contributed by atoms with Crippen molar-refractivity contribution < 1.29 is 14.1 Å². The van der Waals surface area contributed by atoms with E-state index in [1.54, 1.807) is 24.0 Å². The third kappa shape index (κ3) is 3.84. The van der Waals surface area contributed by atoms with Gasteiger partial charge in [0, 0.05) is 35.1 Å². The molecule has 0 atom stereocenters. The Morgan fingerprint density at radius 3 is 2.67 bits per heavy atom. The van der Waals surface area contributed by atoms with Crippen molar-refractivity contribution in [1.82, 2.24) is 10.1 Å². The molecule has 3 rings (SSSR count). The average molecular weight is 392 g/mol. The summed E-state index contributed by atoms with van der Waals surface area (Å²) in [5.41, 5.74) is 0.658. The van der Waals surface area contributed by atoms with E-state index in [0.717, 1.165) is 4.47 Å². The summed E-state index contributed by atoms with van der Waals surface area (Å²) in [7, 11) is 0. The molecule has 0 aliphatic carbocycles. The molecule has 1 aliphatic rings. The van der Waals surface area contributed by atoms with E-state index >= 15 is 0 Å². The fourth-order valence-electron chi connectivity index (χ4n) is 2.80. The van der Waals surface area contributed by atoms with Crippen LogP contribution < -0.4 is 5.32 Å². The Kier molecular flexibility index (Phi) is 4.99. The molecule has 7 heteroatoms. The molecule has 6 nitrogen and oxygen atoms in total. The molecule has 1 saturated heterocycles. The van der Waals surface area contributed by atoms with Gasteiger partial charge in [-0.2, -0.15) is 0 Å². The van der Waals surface area contributed by atoms with Gasteiger partial charge in [0.05, 0.1) is 0 Å². The Balaban J connectivity index is 1.55. The van der Waals surface area contributed by atoms with Crippen LogP contribution >= 0.6 is 15.9 Å². The smallest absolute Gasteiger partial charge is 0.253 e. The van der Waals surface area contributed by atoms with Gasteiger partial charge in [-0.1, -0.05) is 27.2 Å². The topological polar surface area (TPSA) is 75.4 Å². The zero-order chi connectivity index (χ0) is 17.1. The zero-order valence-electron chi connectivity index (χ0n) is 13.3. The molecule has 126 valence electrons. The number of anilines is 1. The number of amides is 2. The predicted molar refractivity (Wildman–Crippen MR) is 92.6 cm³/mol. The van der Waals surface area contributed by atoms with Crippen LogP contribution in [-0.2, 0) is 4.79 Å². The third-order valence-electron chi connectivity index (χ3n) is 4.10. The van der Waals surface area contributed by atoms with Gasteiger partial charge in [-0.05, 0) is 38.0 Å². The molecule has 0 spiro atoms. The molecule has 0 saturated carbocycles. The summed E-state index contributed by atoms with van der Waals surface area (Å²) in [4.78, 5) is 26.6. The largest absolute Gasteiger partial charge is 0.360 e. The number of piperidine rings is 1. The second-order valence-electron chi connectivity index (χ2n) is 5.89. The van der Waals surface area contributed by atoms with Crippen molar-refractivity contribution >= 4 is 33.6 Å². The van der Waals surface area contributed by atoms with Crippen LogP contribution in [0.25, 0.3) is 0 Å². The first-order chi connectivity index (χ1) is 11.5. The first-order valence-corrected chi connectivity index (χ1v) is 8.61. The monoisotopic (exact) mass is 391 g/mol. The minimum atomic E-state index is -0.117. The van der Waals surface area contributed by atoms with Crippen LogP contribution in [0.4, 0.5) is 5.82 Å². The number of aryl methyl sites for hydroxylation is 1. The fraction of sp³-hybridized carbons (Fsp3) is 0.353. The highest BCUT2D eigenvalue weighted by Gasteiger charge is 2.28. The van der Waals surface area contributed by atoms with E-state index in [9.17, 15) is 9.59 Å². The Morgan fingerprint density at radius 2 is 2.04 bits per heavy atom. The predicted octanol–water partition coefficient (Wildman–Crippen LogP) is 3.24. The number of nitrogens with one attached hydrogen (secondary N) is 1. The molecule has 1 N–H and O–H groups in total. The molecule has 2 aromatic rings. The second kappa shape index (κ2) is 7.17. The van der Waals surface area contributed by atoms with Crippen molar-refractivity contribution in [1.29, 1.82) is 0 Å². The van der Waals surface area contributed by atoms with Gasteiger partial charge in [0.15, 0.2) is 5.82 Å². The minimum absolute atomic E-state index is 0.00212. The van der Waals surface area contributed by atoms with Crippen LogP contribution in [0, 0.1) is 12.8 Å².